The summed E-state index contributed by atoms with van der Waals surface area (Å²) in [6.45, 7) is 10.3. The number of piperazine rings is 1. The second-order valence-corrected chi connectivity index (χ2v) is 7.45. The molecule has 1 aromatic carbocycles. The second-order valence-electron chi connectivity index (χ2n) is 7.45. The number of hydrogen-bond donors (Lipinski definition) is 0. The van der Waals surface area contributed by atoms with Crippen molar-refractivity contribution in [3.8, 4) is 0 Å². The summed E-state index contributed by atoms with van der Waals surface area (Å²) in [6, 6.07) is 10.2. The zero-order chi connectivity index (χ0) is 19.5. The van der Waals surface area contributed by atoms with E-state index in [0.717, 1.165) is 32.0 Å². The Labute approximate surface area is 165 Å². The highest BCUT2D eigenvalue weighted by atomic mass is 16.5. The maximum atomic E-state index is 12.8. The molecule has 0 saturated carbocycles. The van der Waals surface area contributed by atoms with E-state index in [-0.39, 0.29) is 5.91 Å². The van der Waals surface area contributed by atoms with Crippen LogP contribution in [0.25, 0.3) is 0 Å². The Morgan fingerprint density at radius 1 is 0.893 bits per heavy atom. The summed E-state index contributed by atoms with van der Waals surface area (Å²) < 4.78 is 5.36. The number of carbonyl (C=O) groups excluding carboxylic acids is 1. The number of ether oxygens (including phenoxy) is 1. The first-order chi connectivity index (χ1) is 13.6. The van der Waals surface area contributed by atoms with E-state index in [1.54, 1.807) is 6.07 Å². The van der Waals surface area contributed by atoms with Crippen LogP contribution >= 0.6 is 0 Å². The van der Waals surface area contributed by atoms with Crippen LogP contribution in [0, 0.1) is 13.8 Å². The third-order valence-corrected chi connectivity index (χ3v) is 5.48. The minimum absolute atomic E-state index is 0.0401. The van der Waals surface area contributed by atoms with Crippen molar-refractivity contribution < 1.29 is 9.53 Å². The maximum absolute atomic E-state index is 12.8. The Morgan fingerprint density at radius 3 is 2.32 bits per heavy atom. The topological polar surface area (TPSA) is 61.8 Å². The van der Waals surface area contributed by atoms with Crippen LogP contribution in [-0.2, 0) is 4.74 Å². The fraction of sp³-hybridized carbons (Fsp3) is 0.476. The van der Waals surface area contributed by atoms with Gasteiger partial charge in [0, 0.05) is 45.0 Å². The van der Waals surface area contributed by atoms with Crippen molar-refractivity contribution in [3.05, 3.63) is 47.2 Å². The van der Waals surface area contributed by atoms with Crippen molar-refractivity contribution in [2.24, 2.45) is 0 Å². The Bertz CT molecular complexity index is 825. The summed E-state index contributed by atoms with van der Waals surface area (Å²) >= 11 is 0. The molecule has 4 rings (SSSR count). The van der Waals surface area contributed by atoms with Crippen LogP contribution in [0.3, 0.4) is 0 Å². The fourth-order valence-electron chi connectivity index (χ4n) is 3.77. The summed E-state index contributed by atoms with van der Waals surface area (Å²) in [5.74, 6) is 0.765. The summed E-state index contributed by atoms with van der Waals surface area (Å²) in [5, 5.41) is 8.46. The normalized spacial score (nSPS) is 17.7. The molecule has 1 amide bonds. The number of rotatable bonds is 3. The summed E-state index contributed by atoms with van der Waals surface area (Å²) in [6.07, 6.45) is 0. The van der Waals surface area contributed by atoms with Gasteiger partial charge in [-0.2, -0.15) is 0 Å². The van der Waals surface area contributed by atoms with Crippen molar-refractivity contribution in [1.82, 2.24) is 15.1 Å². The van der Waals surface area contributed by atoms with Crippen molar-refractivity contribution in [3.63, 3.8) is 0 Å². The van der Waals surface area contributed by atoms with Gasteiger partial charge in [-0.15, -0.1) is 10.2 Å². The number of anilines is 2. The quantitative estimate of drug-likeness (QED) is 0.809. The van der Waals surface area contributed by atoms with Crippen molar-refractivity contribution >= 4 is 17.4 Å². The minimum atomic E-state index is -0.0401. The highest BCUT2D eigenvalue weighted by Gasteiger charge is 2.24. The van der Waals surface area contributed by atoms with Crippen LogP contribution in [0.4, 0.5) is 11.5 Å². The lowest BCUT2D eigenvalue weighted by Gasteiger charge is -2.36. The molecule has 2 fully saturated rings. The van der Waals surface area contributed by atoms with Gasteiger partial charge in [-0.25, -0.2) is 0 Å². The van der Waals surface area contributed by atoms with E-state index in [9.17, 15) is 4.79 Å². The zero-order valence-electron chi connectivity index (χ0n) is 16.6. The van der Waals surface area contributed by atoms with Gasteiger partial charge in [0.05, 0.1) is 13.2 Å². The van der Waals surface area contributed by atoms with Gasteiger partial charge in [-0.05, 0) is 43.2 Å². The van der Waals surface area contributed by atoms with Crippen LogP contribution in [0.2, 0.25) is 0 Å². The van der Waals surface area contributed by atoms with Crippen molar-refractivity contribution in [2.45, 2.75) is 13.8 Å². The summed E-state index contributed by atoms with van der Waals surface area (Å²) in [4.78, 5) is 19.2. The predicted octanol–water partition coefficient (Wildman–Crippen LogP) is 1.89. The molecule has 1 aromatic heterocycles. The van der Waals surface area contributed by atoms with Gasteiger partial charge in [0.15, 0.2) is 11.5 Å². The van der Waals surface area contributed by atoms with E-state index in [4.69, 9.17) is 4.74 Å². The SMILES string of the molecule is Cc1ccc(C)c(N2CCN(C(=O)c3ccc(N4CCOCC4)nn3)CC2)c1. The molecule has 2 saturated heterocycles. The van der Waals surface area contributed by atoms with Crippen LogP contribution < -0.4 is 9.80 Å². The molecule has 28 heavy (non-hydrogen) atoms. The number of amides is 1. The first-order valence-corrected chi connectivity index (χ1v) is 9.90. The summed E-state index contributed by atoms with van der Waals surface area (Å²) in [7, 11) is 0. The molecule has 0 radical (unpaired) electrons. The van der Waals surface area contributed by atoms with Gasteiger partial charge in [-0.1, -0.05) is 12.1 Å². The minimum Gasteiger partial charge on any atom is -0.378 e. The third-order valence-electron chi connectivity index (χ3n) is 5.48. The lowest BCUT2D eigenvalue weighted by atomic mass is 10.1. The standard InChI is InChI=1S/C21H27N5O2/c1-16-3-4-17(2)19(15-16)24-7-9-26(10-8-24)21(27)18-5-6-20(23-22-18)25-11-13-28-14-12-25/h3-6,15H,7-14H2,1-2H3. The van der Waals surface area contributed by atoms with Gasteiger partial charge >= 0.3 is 0 Å². The number of aryl methyl sites for hydroxylation is 2. The predicted molar refractivity (Wildman–Crippen MR) is 109 cm³/mol. The molecular formula is C21H27N5O2. The average molecular weight is 381 g/mol. The Hall–Kier alpha value is -2.67. The molecule has 7 nitrogen and oxygen atoms in total. The number of hydrogen-bond acceptors (Lipinski definition) is 6. The van der Waals surface area contributed by atoms with E-state index < -0.39 is 0 Å². The molecule has 0 aliphatic carbocycles. The molecule has 2 aliphatic rings. The van der Waals surface area contributed by atoms with Gasteiger partial charge in [0.2, 0.25) is 0 Å². The number of nitrogens with zero attached hydrogens (tertiary/aromatic N) is 5. The lowest BCUT2D eigenvalue weighted by Crippen LogP contribution is -2.49. The number of carbonyl (C=O) groups is 1. The zero-order valence-corrected chi connectivity index (χ0v) is 16.6. The average Bonchev–Trinajstić information content (AvgIpc) is 2.76. The third kappa shape index (κ3) is 3.94. The van der Waals surface area contributed by atoms with E-state index in [1.165, 1.54) is 16.8 Å². The summed E-state index contributed by atoms with van der Waals surface area (Å²) in [5.41, 5.74) is 4.21. The molecule has 7 heteroatoms. The first-order valence-electron chi connectivity index (χ1n) is 9.90. The molecule has 0 N–H and O–H groups in total. The van der Waals surface area contributed by atoms with Crippen molar-refractivity contribution in [2.75, 3.05) is 62.3 Å². The monoisotopic (exact) mass is 381 g/mol. The van der Waals surface area contributed by atoms with Gasteiger partial charge in [0.25, 0.3) is 5.91 Å². The Kier molecular flexibility index (Phi) is 5.43. The maximum Gasteiger partial charge on any atom is 0.274 e. The molecule has 0 spiro atoms. The largest absolute Gasteiger partial charge is 0.378 e. The van der Waals surface area contributed by atoms with E-state index in [0.29, 0.717) is 32.0 Å². The smallest absolute Gasteiger partial charge is 0.274 e. The first kappa shape index (κ1) is 18.7. The molecule has 0 bridgehead atoms. The van der Waals surface area contributed by atoms with Crippen LogP contribution in [0.5, 0.6) is 0 Å². The highest BCUT2D eigenvalue weighted by Crippen LogP contribution is 2.23. The van der Waals surface area contributed by atoms with Crippen LogP contribution in [-0.4, -0.2) is 73.5 Å². The number of benzene rings is 1. The Balaban J connectivity index is 1.38. The van der Waals surface area contributed by atoms with Gasteiger partial charge in [-0.3, -0.25) is 4.79 Å². The van der Waals surface area contributed by atoms with E-state index in [2.05, 4.69) is 52.0 Å². The highest BCUT2D eigenvalue weighted by molar-refractivity contribution is 5.92. The fourth-order valence-corrected chi connectivity index (χ4v) is 3.77. The van der Waals surface area contributed by atoms with Gasteiger partial charge in [0.1, 0.15) is 0 Å². The molecule has 3 heterocycles. The number of aromatic nitrogens is 2. The molecular weight excluding hydrogens is 354 g/mol. The molecule has 2 aliphatic heterocycles. The molecule has 0 atom stereocenters. The second kappa shape index (κ2) is 8.14. The van der Waals surface area contributed by atoms with Crippen LogP contribution in [0.1, 0.15) is 21.6 Å². The Morgan fingerprint density at radius 2 is 1.64 bits per heavy atom. The van der Waals surface area contributed by atoms with E-state index in [1.807, 2.05) is 11.0 Å². The molecule has 2 aromatic rings. The van der Waals surface area contributed by atoms with E-state index >= 15 is 0 Å². The van der Waals surface area contributed by atoms with Crippen LogP contribution in [0.15, 0.2) is 30.3 Å². The molecule has 0 unspecified atom stereocenters. The molecule has 148 valence electrons. The van der Waals surface area contributed by atoms with Crippen molar-refractivity contribution in [1.29, 1.82) is 0 Å². The lowest BCUT2D eigenvalue weighted by molar-refractivity contribution is 0.0739. The van der Waals surface area contributed by atoms with Gasteiger partial charge < -0.3 is 19.4 Å². The number of morpholine rings is 1.